The Balaban J connectivity index is 1.57. The van der Waals surface area contributed by atoms with Crippen molar-refractivity contribution in [2.75, 3.05) is 19.0 Å². The highest BCUT2D eigenvalue weighted by molar-refractivity contribution is 7.14. The summed E-state index contributed by atoms with van der Waals surface area (Å²) in [5.74, 6) is 0.159. The van der Waals surface area contributed by atoms with Crippen molar-refractivity contribution in [3.05, 3.63) is 63.0 Å². The number of fused-ring (bicyclic) bond motifs is 3. The molecule has 1 atom stereocenters. The Kier molecular flexibility index (Phi) is 6.16. The molecular weight excluding hydrogens is 441 g/mol. The molecule has 32 heavy (non-hydrogen) atoms. The molecule has 1 aliphatic carbocycles. The molecule has 6 nitrogen and oxygen atoms in total. The third-order valence-electron chi connectivity index (χ3n) is 5.36. The van der Waals surface area contributed by atoms with E-state index in [0.29, 0.717) is 16.4 Å². The molecule has 4 rings (SSSR count). The molecule has 2 aromatic heterocycles. The fourth-order valence-corrected chi connectivity index (χ4v) is 4.77. The molecule has 1 aliphatic rings. The number of nitrogens with zero attached hydrogens (tertiary/aromatic N) is 2. The largest absolute Gasteiger partial charge is 0.416 e. The van der Waals surface area contributed by atoms with Crippen molar-refractivity contribution < 1.29 is 23.1 Å². The average molecular weight is 462 g/mol. The monoisotopic (exact) mass is 462 g/mol. The van der Waals surface area contributed by atoms with Crippen LogP contribution in [0.4, 0.5) is 19.1 Å². The SMILES string of the molecule is CNc1ncc2c(n1)-c1cc(C(=O)NC(CCO)c3ccc(C(F)(F)F)cc3)sc1CC2. The van der Waals surface area contributed by atoms with Crippen LogP contribution in [-0.4, -0.2) is 34.6 Å². The van der Waals surface area contributed by atoms with Crippen molar-refractivity contribution in [2.24, 2.45) is 0 Å². The van der Waals surface area contributed by atoms with Gasteiger partial charge < -0.3 is 15.7 Å². The van der Waals surface area contributed by atoms with Crippen molar-refractivity contribution in [1.29, 1.82) is 0 Å². The third kappa shape index (κ3) is 4.46. The summed E-state index contributed by atoms with van der Waals surface area (Å²) in [7, 11) is 1.74. The lowest BCUT2D eigenvalue weighted by molar-refractivity contribution is -0.137. The minimum Gasteiger partial charge on any atom is -0.396 e. The van der Waals surface area contributed by atoms with Crippen LogP contribution in [0.25, 0.3) is 11.3 Å². The van der Waals surface area contributed by atoms with Crippen LogP contribution in [0.3, 0.4) is 0 Å². The average Bonchev–Trinajstić information content (AvgIpc) is 3.23. The number of thiophene rings is 1. The summed E-state index contributed by atoms with van der Waals surface area (Å²) in [5, 5.41) is 15.2. The summed E-state index contributed by atoms with van der Waals surface area (Å²) in [6.45, 7) is -0.218. The Morgan fingerprint density at radius 1 is 1.25 bits per heavy atom. The molecule has 2 heterocycles. The van der Waals surface area contributed by atoms with E-state index in [1.165, 1.54) is 23.5 Å². The van der Waals surface area contributed by atoms with Gasteiger partial charge in [-0.1, -0.05) is 12.1 Å². The fraction of sp³-hybridized carbons (Fsp3) is 0.318. The van der Waals surface area contributed by atoms with Crippen molar-refractivity contribution in [2.45, 2.75) is 31.5 Å². The highest BCUT2D eigenvalue weighted by atomic mass is 32.1. The van der Waals surface area contributed by atoms with Crippen molar-refractivity contribution in [3.8, 4) is 11.3 Å². The van der Waals surface area contributed by atoms with Crippen LogP contribution in [0.1, 0.15) is 43.7 Å². The summed E-state index contributed by atoms with van der Waals surface area (Å²) in [4.78, 5) is 23.3. The first-order valence-electron chi connectivity index (χ1n) is 10.1. The number of hydrogen-bond acceptors (Lipinski definition) is 6. The summed E-state index contributed by atoms with van der Waals surface area (Å²) >= 11 is 1.38. The van der Waals surface area contributed by atoms with E-state index in [-0.39, 0.29) is 18.9 Å². The number of aromatic nitrogens is 2. The van der Waals surface area contributed by atoms with E-state index in [1.54, 1.807) is 19.3 Å². The van der Waals surface area contributed by atoms with Gasteiger partial charge in [0.15, 0.2) is 0 Å². The Morgan fingerprint density at radius 2 is 2.00 bits per heavy atom. The van der Waals surface area contributed by atoms with Gasteiger partial charge in [-0.05, 0) is 48.6 Å². The number of aryl methyl sites for hydroxylation is 2. The summed E-state index contributed by atoms with van der Waals surface area (Å²) in [5.41, 5.74) is 2.45. The molecule has 0 bridgehead atoms. The van der Waals surface area contributed by atoms with Crippen LogP contribution in [0, 0.1) is 0 Å². The number of carbonyl (C=O) groups is 1. The van der Waals surface area contributed by atoms with Gasteiger partial charge in [0.25, 0.3) is 5.91 Å². The van der Waals surface area contributed by atoms with Gasteiger partial charge in [-0.25, -0.2) is 9.97 Å². The van der Waals surface area contributed by atoms with Crippen LogP contribution < -0.4 is 10.6 Å². The molecule has 1 unspecified atom stereocenters. The van der Waals surface area contributed by atoms with Gasteiger partial charge in [-0.15, -0.1) is 11.3 Å². The van der Waals surface area contributed by atoms with Crippen LogP contribution in [0.2, 0.25) is 0 Å². The first-order chi connectivity index (χ1) is 15.3. The van der Waals surface area contributed by atoms with E-state index in [1.807, 2.05) is 0 Å². The highest BCUT2D eigenvalue weighted by Crippen LogP contribution is 2.38. The van der Waals surface area contributed by atoms with E-state index < -0.39 is 17.8 Å². The zero-order valence-electron chi connectivity index (χ0n) is 17.2. The maximum absolute atomic E-state index is 13.0. The Bertz CT molecular complexity index is 1130. The molecule has 0 saturated heterocycles. The van der Waals surface area contributed by atoms with E-state index in [4.69, 9.17) is 0 Å². The zero-order chi connectivity index (χ0) is 22.9. The van der Waals surface area contributed by atoms with Crippen molar-refractivity contribution >= 4 is 23.2 Å². The topological polar surface area (TPSA) is 87.1 Å². The lowest BCUT2D eigenvalue weighted by Gasteiger charge is -2.18. The van der Waals surface area contributed by atoms with E-state index >= 15 is 0 Å². The molecule has 10 heteroatoms. The quantitative estimate of drug-likeness (QED) is 0.511. The standard InChI is InChI=1S/C22H21F3N4O2S/c1-26-21-27-11-13-4-7-17-15(19(13)29-21)10-18(32-17)20(31)28-16(8-9-30)12-2-5-14(6-3-12)22(23,24)25/h2-3,5-6,10-11,16,30H,4,7-9H2,1H3,(H,28,31)(H,26,27,29). The number of nitrogens with one attached hydrogen (secondary N) is 2. The molecular formula is C22H21F3N4O2S. The van der Waals surface area contributed by atoms with Gasteiger partial charge in [0.1, 0.15) is 0 Å². The predicted octanol–water partition coefficient (Wildman–Crippen LogP) is 4.22. The molecule has 1 aromatic carbocycles. The first-order valence-corrected chi connectivity index (χ1v) is 10.9. The Hall–Kier alpha value is -2.98. The number of halogens is 3. The highest BCUT2D eigenvalue weighted by Gasteiger charge is 2.30. The molecule has 3 N–H and O–H groups in total. The van der Waals surface area contributed by atoms with Crippen LogP contribution in [0.5, 0.6) is 0 Å². The predicted molar refractivity (Wildman–Crippen MR) is 116 cm³/mol. The normalized spacial score (nSPS) is 13.8. The molecule has 168 valence electrons. The Morgan fingerprint density at radius 3 is 2.66 bits per heavy atom. The number of aliphatic hydroxyl groups is 1. The van der Waals surface area contributed by atoms with Crippen molar-refractivity contribution in [1.82, 2.24) is 15.3 Å². The van der Waals surface area contributed by atoms with Gasteiger partial charge in [0.05, 0.1) is 22.2 Å². The molecule has 0 fully saturated rings. The van der Waals surface area contributed by atoms with E-state index in [0.717, 1.165) is 46.7 Å². The van der Waals surface area contributed by atoms with Gasteiger partial charge in [-0.3, -0.25) is 4.79 Å². The number of rotatable bonds is 6. The Labute approximate surface area is 186 Å². The first kappa shape index (κ1) is 22.2. The number of amides is 1. The minimum atomic E-state index is -4.43. The number of benzene rings is 1. The molecule has 0 saturated carbocycles. The fourth-order valence-electron chi connectivity index (χ4n) is 3.70. The lowest BCUT2D eigenvalue weighted by atomic mass is 9.96. The minimum absolute atomic E-state index is 0.184. The number of carbonyl (C=O) groups excluding carboxylic acids is 1. The summed E-state index contributed by atoms with van der Waals surface area (Å²) < 4.78 is 38.5. The number of hydrogen-bond donors (Lipinski definition) is 3. The summed E-state index contributed by atoms with van der Waals surface area (Å²) in [6, 6.07) is 5.80. The third-order valence-corrected chi connectivity index (χ3v) is 6.55. The van der Waals surface area contributed by atoms with Crippen LogP contribution in [0.15, 0.2) is 36.5 Å². The molecule has 1 amide bonds. The van der Waals surface area contributed by atoms with E-state index in [2.05, 4.69) is 20.6 Å². The molecule has 0 aliphatic heterocycles. The van der Waals surface area contributed by atoms with Gasteiger partial charge in [-0.2, -0.15) is 13.2 Å². The van der Waals surface area contributed by atoms with Crippen LogP contribution >= 0.6 is 11.3 Å². The van der Waals surface area contributed by atoms with Crippen LogP contribution in [-0.2, 0) is 19.0 Å². The second-order valence-electron chi connectivity index (χ2n) is 7.42. The number of anilines is 1. The maximum atomic E-state index is 13.0. The number of alkyl halides is 3. The van der Waals surface area contributed by atoms with Gasteiger partial charge >= 0.3 is 6.18 Å². The molecule has 3 aromatic rings. The zero-order valence-corrected chi connectivity index (χ0v) is 18.0. The van der Waals surface area contributed by atoms with Gasteiger partial charge in [0, 0.05) is 30.3 Å². The van der Waals surface area contributed by atoms with Gasteiger partial charge in [0.2, 0.25) is 5.95 Å². The maximum Gasteiger partial charge on any atom is 0.416 e. The smallest absolute Gasteiger partial charge is 0.396 e. The molecule has 0 spiro atoms. The molecule has 0 radical (unpaired) electrons. The van der Waals surface area contributed by atoms with Crippen molar-refractivity contribution in [3.63, 3.8) is 0 Å². The van der Waals surface area contributed by atoms with E-state index in [9.17, 15) is 23.1 Å². The second kappa shape index (κ2) is 8.87. The lowest BCUT2D eigenvalue weighted by Crippen LogP contribution is -2.28. The number of aliphatic hydroxyl groups excluding tert-OH is 1. The second-order valence-corrected chi connectivity index (χ2v) is 8.56. The summed E-state index contributed by atoms with van der Waals surface area (Å²) in [6.07, 6.45) is -0.897.